The van der Waals surface area contributed by atoms with Crippen LogP contribution in [-0.2, 0) is 3.79 Å². The van der Waals surface area contributed by atoms with Gasteiger partial charge in [-0.25, -0.2) is 9.97 Å². The van der Waals surface area contributed by atoms with E-state index in [-0.39, 0.29) is 35.2 Å². The molecule has 0 bridgehead atoms. The molecular weight excluding hydrogens is 440 g/mol. The summed E-state index contributed by atoms with van der Waals surface area (Å²) in [7, 11) is 2.34. The van der Waals surface area contributed by atoms with Gasteiger partial charge >= 0.3 is 0 Å². The summed E-state index contributed by atoms with van der Waals surface area (Å²) in [6, 6.07) is 4.03. The first-order valence-corrected chi connectivity index (χ1v) is 9.05. The Labute approximate surface area is 165 Å². The molecule has 7 nitrogen and oxygen atoms in total. The topological polar surface area (TPSA) is 121 Å². The highest BCUT2D eigenvalue weighted by atomic mass is 35.6. The van der Waals surface area contributed by atoms with E-state index in [9.17, 15) is 10.1 Å². The Morgan fingerprint density at radius 3 is 2.42 bits per heavy atom. The van der Waals surface area contributed by atoms with Gasteiger partial charge in [-0.15, -0.1) is 12.4 Å². The molecule has 0 fully saturated rings. The molecule has 0 atom stereocenters. The van der Waals surface area contributed by atoms with Gasteiger partial charge < -0.3 is 11.5 Å². The molecule has 0 radical (unpaired) electrons. The number of halogens is 4. The Morgan fingerprint density at radius 1 is 1.21 bits per heavy atom. The second-order valence-corrected chi connectivity index (χ2v) is 8.51. The van der Waals surface area contributed by atoms with Crippen LogP contribution in [0.25, 0.3) is 0 Å². The SMILES string of the molecule is Cl.Nc1cnc(SSc2ccc([N+](=O)[O-])cc2C(Cl)(Cl)Cl)nc1N. The van der Waals surface area contributed by atoms with Crippen molar-refractivity contribution in [1.29, 1.82) is 0 Å². The molecule has 2 rings (SSSR count). The number of nitrogens with zero attached hydrogens (tertiary/aromatic N) is 3. The van der Waals surface area contributed by atoms with E-state index in [4.69, 9.17) is 46.3 Å². The smallest absolute Gasteiger partial charge is 0.269 e. The predicted molar refractivity (Wildman–Crippen MR) is 102 cm³/mol. The van der Waals surface area contributed by atoms with Crippen molar-refractivity contribution in [2.75, 3.05) is 11.5 Å². The van der Waals surface area contributed by atoms with Gasteiger partial charge in [0.25, 0.3) is 5.69 Å². The summed E-state index contributed by atoms with van der Waals surface area (Å²) in [5.41, 5.74) is 11.4. The van der Waals surface area contributed by atoms with Gasteiger partial charge in [-0.05, 0) is 27.7 Å². The second-order valence-electron chi connectivity index (χ2n) is 4.10. The van der Waals surface area contributed by atoms with E-state index in [0.717, 1.165) is 10.8 Å². The minimum atomic E-state index is -1.81. The molecule has 1 aromatic carbocycles. The molecule has 0 amide bonds. The van der Waals surface area contributed by atoms with Crippen LogP contribution in [0, 0.1) is 10.1 Å². The molecule has 1 heterocycles. The monoisotopic (exact) mass is 447 g/mol. The van der Waals surface area contributed by atoms with Crippen LogP contribution in [0.5, 0.6) is 0 Å². The van der Waals surface area contributed by atoms with Gasteiger partial charge in [-0.2, -0.15) is 0 Å². The molecule has 24 heavy (non-hydrogen) atoms. The number of anilines is 2. The molecule has 1 aromatic heterocycles. The Kier molecular flexibility index (Phi) is 7.51. The van der Waals surface area contributed by atoms with Crippen LogP contribution < -0.4 is 11.5 Å². The first-order valence-electron chi connectivity index (χ1n) is 5.76. The molecule has 13 heteroatoms. The molecule has 0 aliphatic carbocycles. The molecule has 0 aliphatic heterocycles. The highest BCUT2D eigenvalue weighted by Crippen LogP contribution is 2.47. The van der Waals surface area contributed by atoms with E-state index in [0.29, 0.717) is 10.1 Å². The van der Waals surface area contributed by atoms with E-state index in [2.05, 4.69) is 9.97 Å². The van der Waals surface area contributed by atoms with Crippen molar-refractivity contribution < 1.29 is 4.92 Å². The van der Waals surface area contributed by atoms with Crippen molar-refractivity contribution in [3.63, 3.8) is 0 Å². The number of nitrogens with two attached hydrogens (primary N) is 2. The highest BCUT2D eigenvalue weighted by Gasteiger charge is 2.29. The van der Waals surface area contributed by atoms with Gasteiger partial charge in [0.1, 0.15) is 0 Å². The van der Waals surface area contributed by atoms with Crippen LogP contribution in [-0.4, -0.2) is 14.9 Å². The largest absolute Gasteiger partial charge is 0.394 e. The third kappa shape index (κ3) is 5.33. The van der Waals surface area contributed by atoms with Crippen LogP contribution in [0.3, 0.4) is 0 Å². The standard InChI is InChI=1S/C11H8Cl3N5O2S2.ClH/c12-11(13,14)6-3-5(19(20)21)1-2-8(6)22-23-10-17-4-7(15)9(16)18-10;/h1-4H,15H2,(H2,16,17,18);1H. The molecule has 0 saturated carbocycles. The van der Waals surface area contributed by atoms with Gasteiger partial charge in [0.15, 0.2) is 5.82 Å². The van der Waals surface area contributed by atoms with Gasteiger partial charge in [0, 0.05) is 22.6 Å². The molecule has 0 spiro atoms. The fourth-order valence-electron chi connectivity index (χ4n) is 1.44. The predicted octanol–water partition coefficient (Wildman–Crippen LogP) is 4.60. The molecule has 130 valence electrons. The van der Waals surface area contributed by atoms with Crippen LogP contribution in [0.15, 0.2) is 34.4 Å². The number of hydrogen-bond acceptors (Lipinski definition) is 8. The van der Waals surface area contributed by atoms with E-state index in [1.54, 1.807) is 0 Å². The lowest BCUT2D eigenvalue weighted by Crippen LogP contribution is -2.03. The van der Waals surface area contributed by atoms with Gasteiger partial charge in [0.2, 0.25) is 8.95 Å². The summed E-state index contributed by atoms with van der Waals surface area (Å²) in [4.78, 5) is 18.8. The lowest BCUT2D eigenvalue weighted by Gasteiger charge is -2.15. The maximum absolute atomic E-state index is 10.9. The average molecular weight is 449 g/mol. The zero-order valence-corrected chi connectivity index (χ0v) is 16.2. The van der Waals surface area contributed by atoms with E-state index in [1.807, 2.05) is 0 Å². The number of benzene rings is 1. The quantitative estimate of drug-likeness (QED) is 0.229. The average Bonchev–Trinajstić information content (AvgIpc) is 2.47. The minimum Gasteiger partial charge on any atom is -0.394 e. The van der Waals surface area contributed by atoms with Crippen molar-refractivity contribution in [3.05, 3.63) is 40.1 Å². The molecule has 0 unspecified atom stereocenters. The maximum Gasteiger partial charge on any atom is 0.269 e. The number of alkyl halides is 3. The molecule has 4 N–H and O–H groups in total. The Hall–Kier alpha value is -0.840. The van der Waals surface area contributed by atoms with Crippen LogP contribution in [0.2, 0.25) is 0 Å². The molecule has 0 aliphatic rings. The number of non-ortho nitro benzene ring substituents is 1. The second kappa shape index (κ2) is 8.50. The molecular formula is C11H9Cl4N5O2S2. The van der Waals surface area contributed by atoms with Crippen LogP contribution >= 0.6 is 68.8 Å². The normalized spacial score (nSPS) is 11.0. The van der Waals surface area contributed by atoms with Gasteiger partial charge in [-0.3, -0.25) is 10.1 Å². The summed E-state index contributed by atoms with van der Waals surface area (Å²) in [5, 5.41) is 11.2. The molecule has 2 aromatic rings. The maximum atomic E-state index is 10.9. The van der Waals surface area contributed by atoms with Crippen LogP contribution in [0.4, 0.5) is 17.2 Å². The first kappa shape index (κ1) is 21.2. The summed E-state index contributed by atoms with van der Waals surface area (Å²) >= 11 is 17.7. The van der Waals surface area contributed by atoms with E-state index < -0.39 is 8.72 Å². The Bertz CT molecular complexity index is 760. The Balaban J connectivity index is 0.00000288. The zero-order valence-electron chi connectivity index (χ0n) is 11.5. The van der Waals surface area contributed by atoms with Gasteiger partial charge in [-0.1, -0.05) is 34.8 Å². The number of hydrogen-bond donors (Lipinski definition) is 2. The fraction of sp³-hybridized carbons (Fsp3) is 0.0909. The van der Waals surface area contributed by atoms with Crippen molar-refractivity contribution in [2.45, 2.75) is 13.8 Å². The number of aromatic nitrogens is 2. The minimum absolute atomic E-state index is 0. The fourth-order valence-corrected chi connectivity index (χ4v) is 4.06. The van der Waals surface area contributed by atoms with Crippen LogP contribution in [0.1, 0.15) is 5.56 Å². The third-order valence-electron chi connectivity index (χ3n) is 2.51. The summed E-state index contributed by atoms with van der Waals surface area (Å²) in [6.07, 6.45) is 1.39. The number of nitrogen functional groups attached to an aromatic ring is 2. The zero-order chi connectivity index (χ0) is 17.2. The lowest BCUT2D eigenvalue weighted by atomic mass is 10.2. The Morgan fingerprint density at radius 2 is 1.88 bits per heavy atom. The summed E-state index contributed by atoms with van der Waals surface area (Å²) in [5.74, 6) is 0.161. The number of nitro groups is 1. The number of rotatable bonds is 4. The van der Waals surface area contributed by atoms with Crippen molar-refractivity contribution in [2.24, 2.45) is 0 Å². The van der Waals surface area contributed by atoms with Crippen molar-refractivity contribution >= 4 is 86.0 Å². The van der Waals surface area contributed by atoms with Crippen molar-refractivity contribution in [1.82, 2.24) is 9.97 Å². The van der Waals surface area contributed by atoms with Crippen molar-refractivity contribution in [3.8, 4) is 0 Å². The van der Waals surface area contributed by atoms with E-state index >= 15 is 0 Å². The number of nitro benzene ring substituents is 1. The first-order chi connectivity index (χ1) is 10.7. The summed E-state index contributed by atoms with van der Waals surface area (Å²) < 4.78 is -1.81. The third-order valence-corrected chi connectivity index (χ3v) is 5.32. The highest BCUT2D eigenvalue weighted by molar-refractivity contribution is 8.76. The van der Waals surface area contributed by atoms with Gasteiger partial charge in [0.05, 0.1) is 16.8 Å². The summed E-state index contributed by atoms with van der Waals surface area (Å²) in [6.45, 7) is 0. The molecule has 0 saturated heterocycles. The lowest BCUT2D eigenvalue weighted by molar-refractivity contribution is -0.385. The van der Waals surface area contributed by atoms with E-state index in [1.165, 1.54) is 35.2 Å².